The predicted octanol–water partition coefficient (Wildman–Crippen LogP) is 5.49. The van der Waals surface area contributed by atoms with E-state index < -0.39 is 49.9 Å². The third-order valence-electron chi connectivity index (χ3n) is 7.63. The lowest BCUT2D eigenvalue weighted by Crippen LogP contribution is -2.54. The summed E-state index contributed by atoms with van der Waals surface area (Å²) >= 11 is 0. The van der Waals surface area contributed by atoms with Crippen LogP contribution in [0, 0.1) is 0 Å². The first-order chi connectivity index (χ1) is 19.0. The fourth-order valence-corrected chi connectivity index (χ4v) is 5.83. The molecule has 0 spiro atoms. The first-order valence-electron chi connectivity index (χ1n) is 13.3. The summed E-state index contributed by atoms with van der Waals surface area (Å²) in [6.45, 7) is 0.952. The van der Waals surface area contributed by atoms with Crippen LogP contribution >= 0.6 is 0 Å². The molecule has 3 aromatic rings. The lowest BCUT2D eigenvalue weighted by atomic mass is 9.87. The number of aromatic nitrogens is 1. The highest BCUT2D eigenvalue weighted by molar-refractivity contribution is 5.85. The molecule has 218 valence electrons. The van der Waals surface area contributed by atoms with Crippen molar-refractivity contribution in [1.29, 1.82) is 0 Å². The number of H-pyrrole nitrogens is 1. The molecule has 0 amide bonds. The molecule has 1 saturated heterocycles. The van der Waals surface area contributed by atoms with Gasteiger partial charge in [0, 0.05) is 59.6 Å². The van der Waals surface area contributed by atoms with Gasteiger partial charge in [0.05, 0.1) is 25.3 Å². The van der Waals surface area contributed by atoms with E-state index in [9.17, 15) is 31.4 Å². The minimum atomic E-state index is -5.02. The van der Waals surface area contributed by atoms with Gasteiger partial charge in [0.2, 0.25) is 0 Å². The summed E-state index contributed by atoms with van der Waals surface area (Å²) in [7, 11) is 0. The summed E-state index contributed by atoms with van der Waals surface area (Å²) in [5, 5.41) is 13.4. The van der Waals surface area contributed by atoms with E-state index in [-0.39, 0.29) is 11.6 Å². The van der Waals surface area contributed by atoms with Gasteiger partial charge in [-0.3, -0.25) is 14.2 Å². The van der Waals surface area contributed by atoms with E-state index >= 15 is 0 Å². The van der Waals surface area contributed by atoms with Crippen molar-refractivity contribution in [3.05, 3.63) is 59.3 Å². The topological polar surface area (TPSA) is 63.8 Å². The zero-order valence-electron chi connectivity index (χ0n) is 21.9. The zero-order valence-corrected chi connectivity index (χ0v) is 21.9. The second-order valence-corrected chi connectivity index (χ2v) is 10.6. The van der Waals surface area contributed by atoms with Crippen LogP contribution in [0.1, 0.15) is 36.2 Å². The average Bonchev–Trinajstić information content (AvgIpc) is 3.23. The molecule has 3 N–H and O–H groups in total. The van der Waals surface area contributed by atoms with Crippen molar-refractivity contribution in [3.63, 3.8) is 0 Å². The van der Waals surface area contributed by atoms with Gasteiger partial charge >= 0.3 is 6.36 Å². The first-order valence-corrected chi connectivity index (χ1v) is 13.3. The van der Waals surface area contributed by atoms with Crippen LogP contribution in [-0.4, -0.2) is 83.7 Å². The molecule has 5 rings (SSSR count). The van der Waals surface area contributed by atoms with Crippen LogP contribution < -0.4 is 10.1 Å². The Hall–Kier alpha value is -2.96. The maximum Gasteiger partial charge on any atom is 0.573 e. The molecule has 3 heterocycles. The fraction of sp³-hybridized carbons (Fsp3) is 0.500. The molecular weight excluding hydrogens is 538 g/mol. The first kappa shape index (κ1) is 28.6. The number of nitrogens with zero attached hydrogens (tertiary/aromatic N) is 2. The molecule has 2 aliphatic heterocycles. The van der Waals surface area contributed by atoms with Crippen molar-refractivity contribution < 1.29 is 36.2 Å². The Morgan fingerprint density at radius 2 is 1.85 bits per heavy atom. The molecule has 6 nitrogen and oxygen atoms in total. The number of nitrogens with one attached hydrogen (secondary N) is 2. The molecule has 2 aromatic carbocycles. The van der Waals surface area contributed by atoms with Gasteiger partial charge in [0.1, 0.15) is 12.4 Å². The van der Waals surface area contributed by atoms with Gasteiger partial charge < -0.3 is 20.1 Å². The van der Waals surface area contributed by atoms with Crippen molar-refractivity contribution in [1.82, 2.24) is 14.8 Å². The second-order valence-electron chi connectivity index (χ2n) is 10.6. The lowest BCUT2D eigenvalue weighted by Gasteiger charge is -2.43. The molecule has 40 heavy (non-hydrogen) atoms. The molecule has 0 aliphatic carbocycles. The standard InChI is InChI=1S/C28H32F6N4O2/c1-17-11-22-20-5-2-3-6-23(20)36-25(22)26(38(17)15-27(30,31)16-39)21-8-7-18(12-24(21)40-28(32,33)34)35-19-13-37(14-19)10-4-9-29/h2-3,5-8,12,17,19,26,35-36,39H,4,9-11,13-16H2,1H3/t17-,26-/m1/s1. The maximum absolute atomic E-state index is 14.6. The summed E-state index contributed by atoms with van der Waals surface area (Å²) in [6, 6.07) is 10.2. The molecule has 1 aromatic heterocycles. The molecule has 0 saturated carbocycles. The number of alkyl halides is 6. The van der Waals surface area contributed by atoms with Crippen molar-refractivity contribution >= 4 is 16.6 Å². The van der Waals surface area contributed by atoms with Gasteiger partial charge in [-0.15, -0.1) is 13.2 Å². The Bertz CT molecular complexity index is 1320. The fourth-order valence-electron chi connectivity index (χ4n) is 5.83. The number of benzene rings is 2. The molecule has 12 heteroatoms. The number of fused-ring (bicyclic) bond motifs is 3. The van der Waals surface area contributed by atoms with Crippen LogP contribution in [0.4, 0.5) is 32.0 Å². The van der Waals surface area contributed by atoms with E-state index in [1.807, 2.05) is 29.2 Å². The van der Waals surface area contributed by atoms with Crippen LogP contribution in [0.2, 0.25) is 0 Å². The quantitative estimate of drug-likeness (QED) is 0.282. The predicted molar refractivity (Wildman–Crippen MR) is 140 cm³/mol. The van der Waals surface area contributed by atoms with Crippen LogP contribution in [0.5, 0.6) is 5.75 Å². The summed E-state index contributed by atoms with van der Waals surface area (Å²) in [5.74, 6) is -3.96. The third-order valence-corrected chi connectivity index (χ3v) is 7.63. The average molecular weight is 571 g/mol. The van der Waals surface area contributed by atoms with Gasteiger partial charge in [0.15, 0.2) is 0 Å². The van der Waals surface area contributed by atoms with Crippen LogP contribution in [0.15, 0.2) is 42.5 Å². The number of ether oxygens (including phenoxy) is 1. The summed E-state index contributed by atoms with van der Waals surface area (Å²) in [6.07, 6.45) is -4.20. The zero-order chi connectivity index (χ0) is 28.7. The summed E-state index contributed by atoms with van der Waals surface area (Å²) in [4.78, 5) is 6.73. The minimum Gasteiger partial charge on any atom is -0.405 e. The number of hydrogen-bond donors (Lipinski definition) is 3. The van der Waals surface area contributed by atoms with E-state index in [1.54, 1.807) is 13.0 Å². The number of anilines is 1. The van der Waals surface area contributed by atoms with Gasteiger partial charge in [-0.05, 0) is 37.5 Å². The highest BCUT2D eigenvalue weighted by Crippen LogP contribution is 2.46. The van der Waals surface area contributed by atoms with Crippen molar-refractivity contribution in [2.45, 2.75) is 50.2 Å². The number of aromatic amines is 1. The van der Waals surface area contributed by atoms with E-state index in [2.05, 4.69) is 15.0 Å². The summed E-state index contributed by atoms with van der Waals surface area (Å²) < 4.78 is 87.0. The Morgan fingerprint density at radius 3 is 2.55 bits per heavy atom. The van der Waals surface area contributed by atoms with Crippen molar-refractivity contribution in [2.24, 2.45) is 0 Å². The second kappa shape index (κ2) is 11.1. The largest absolute Gasteiger partial charge is 0.573 e. The van der Waals surface area contributed by atoms with E-state index in [0.717, 1.165) is 16.5 Å². The lowest BCUT2D eigenvalue weighted by molar-refractivity contribution is -0.275. The number of para-hydroxylation sites is 1. The molecule has 1 fully saturated rings. The van der Waals surface area contributed by atoms with E-state index in [1.165, 1.54) is 17.0 Å². The van der Waals surface area contributed by atoms with E-state index in [0.29, 0.717) is 43.9 Å². The monoisotopic (exact) mass is 570 g/mol. The highest BCUT2D eigenvalue weighted by atomic mass is 19.4. The number of aliphatic hydroxyl groups is 1. The van der Waals surface area contributed by atoms with Gasteiger partial charge in [-0.25, -0.2) is 8.78 Å². The van der Waals surface area contributed by atoms with Crippen molar-refractivity contribution in [2.75, 3.05) is 44.8 Å². The van der Waals surface area contributed by atoms with Crippen LogP contribution in [-0.2, 0) is 6.42 Å². The minimum absolute atomic E-state index is 0.0287. The van der Waals surface area contributed by atoms with Gasteiger partial charge in [-0.1, -0.05) is 24.3 Å². The Kier molecular flexibility index (Phi) is 7.95. The molecule has 0 radical (unpaired) electrons. The molecule has 2 atom stereocenters. The summed E-state index contributed by atoms with van der Waals surface area (Å²) in [5.41, 5.74) is 2.59. The smallest absolute Gasteiger partial charge is 0.405 e. The van der Waals surface area contributed by atoms with E-state index in [4.69, 9.17) is 0 Å². The SMILES string of the molecule is C[C@@H]1Cc2c([nH]c3ccccc23)[C@@H](c2ccc(NC3CN(CCCF)C3)cc2OC(F)(F)F)N1CC(F)(F)CO. The molecule has 0 bridgehead atoms. The molecular formula is C28H32F6N4O2. The number of hydrogen-bond acceptors (Lipinski definition) is 5. The number of likely N-dealkylation sites (tertiary alicyclic amines) is 1. The maximum atomic E-state index is 14.6. The van der Waals surface area contributed by atoms with Crippen LogP contribution in [0.3, 0.4) is 0 Å². The highest BCUT2D eigenvalue weighted by Gasteiger charge is 2.43. The van der Waals surface area contributed by atoms with Crippen LogP contribution in [0.25, 0.3) is 10.9 Å². The Labute approximate surface area is 227 Å². The van der Waals surface area contributed by atoms with Gasteiger partial charge in [0.25, 0.3) is 5.92 Å². The Balaban J connectivity index is 1.55. The van der Waals surface area contributed by atoms with Crippen molar-refractivity contribution in [3.8, 4) is 5.75 Å². The van der Waals surface area contributed by atoms with Gasteiger partial charge in [-0.2, -0.15) is 0 Å². The molecule has 0 unspecified atom stereocenters. The third kappa shape index (κ3) is 6.03. The Morgan fingerprint density at radius 1 is 1.10 bits per heavy atom. The molecule has 2 aliphatic rings. The number of halogens is 6. The number of aliphatic hydroxyl groups excluding tert-OH is 1. The number of rotatable bonds is 10. The normalized spacial score (nSPS) is 20.9.